The lowest BCUT2D eigenvalue weighted by atomic mass is 10.2. The van der Waals surface area contributed by atoms with Crippen molar-refractivity contribution in [1.29, 1.82) is 0 Å². The van der Waals surface area contributed by atoms with E-state index in [2.05, 4.69) is 42.8 Å². The molecule has 17 heavy (non-hydrogen) atoms. The van der Waals surface area contributed by atoms with Crippen molar-refractivity contribution in [2.45, 2.75) is 20.4 Å². The van der Waals surface area contributed by atoms with Gasteiger partial charge in [0.2, 0.25) is 0 Å². The molecule has 0 spiro atoms. The maximum Gasteiger partial charge on any atom is 0.182 e. The van der Waals surface area contributed by atoms with Gasteiger partial charge in [-0.1, -0.05) is 23.8 Å². The van der Waals surface area contributed by atoms with Crippen molar-refractivity contribution in [3.05, 3.63) is 59.9 Å². The van der Waals surface area contributed by atoms with Crippen molar-refractivity contribution in [3.8, 4) is 5.75 Å². The van der Waals surface area contributed by atoms with Gasteiger partial charge < -0.3 is 4.74 Å². The summed E-state index contributed by atoms with van der Waals surface area (Å²) >= 11 is 0. The molecule has 2 nitrogen and oxygen atoms in total. The van der Waals surface area contributed by atoms with Gasteiger partial charge in [-0.25, -0.2) is 0 Å². The van der Waals surface area contributed by atoms with Gasteiger partial charge in [-0.2, -0.15) is 4.57 Å². The molecule has 1 heterocycles. The van der Waals surface area contributed by atoms with Crippen LogP contribution >= 0.6 is 0 Å². The first-order chi connectivity index (χ1) is 8.25. The van der Waals surface area contributed by atoms with Crippen molar-refractivity contribution >= 4 is 0 Å². The fourth-order valence-corrected chi connectivity index (χ4v) is 1.71. The third-order valence-corrected chi connectivity index (χ3v) is 2.79. The van der Waals surface area contributed by atoms with E-state index >= 15 is 0 Å². The van der Waals surface area contributed by atoms with Crippen LogP contribution in [0.15, 0.2) is 48.7 Å². The molecule has 0 amide bonds. The van der Waals surface area contributed by atoms with Gasteiger partial charge in [0.05, 0.1) is 0 Å². The minimum Gasteiger partial charge on any atom is -0.487 e. The zero-order valence-corrected chi connectivity index (χ0v) is 10.4. The predicted octanol–water partition coefficient (Wildman–Crippen LogP) is 2.67. The summed E-state index contributed by atoms with van der Waals surface area (Å²) in [5, 5.41) is 0. The van der Waals surface area contributed by atoms with Crippen LogP contribution in [-0.4, -0.2) is 6.61 Å². The summed E-state index contributed by atoms with van der Waals surface area (Å²) in [5.74, 6) is 0.935. The number of pyridine rings is 1. The smallest absolute Gasteiger partial charge is 0.182 e. The summed E-state index contributed by atoms with van der Waals surface area (Å²) in [5.41, 5.74) is 2.51. The summed E-state index contributed by atoms with van der Waals surface area (Å²) in [4.78, 5) is 0. The van der Waals surface area contributed by atoms with Crippen molar-refractivity contribution in [3.63, 3.8) is 0 Å². The molecular formula is C15H18NO+. The van der Waals surface area contributed by atoms with Crippen molar-refractivity contribution in [2.75, 3.05) is 6.61 Å². The molecule has 0 fully saturated rings. The molecule has 0 aliphatic carbocycles. The second-order valence-corrected chi connectivity index (χ2v) is 4.20. The average Bonchev–Trinajstić information content (AvgIpc) is 2.34. The molecule has 1 aromatic carbocycles. The van der Waals surface area contributed by atoms with Crippen LogP contribution in [0.4, 0.5) is 0 Å². The van der Waals surface area contributed by atoms with E-state index in [4.69, 9.17) is 4.74 Å². The van der Waals surface area contributed by atoms with E-state index in [-0.39, 0.29) is 0 Å². The molecule has 0 radical (unpaired) electrons. The Kier molecular flexibility index (Phi) is 3.76. The molecular weight excluding hydrogens is 210 g/mol. The monoisotopic (exact) mass is 228 g/mol. The number of aryl methyl sites for hydroxylation is 2. The lowest BCUT2D eigenvalue weighted by molar-refractivity contribution is -0.703. The van der Waals surface area contributed by atoms with Crippen LogP contribution in [0.5, 0.6) is 5.75 Å². The van der Waals surface area contributed by atoms with E-state index in [0.717, 1.165) is 12.3 Å². The second-order valence-electron chi connectivity index (χ2n) is 4.20. The van der Waals surface area contributed by atoms with Crippen molar-refractivity contribution < 1.29 is 9.30 Å². The Hall–Kier alpha value is -1.83. The second kappa shape index (κ2) is 5.48. The Morgan fingerprint density at radius 3 is 2.47 bits per heavy atom. The molecule has 88 valence electrons. The van der Waals surface area contributed by atoms with Gasteiger partial charge >= 0.3 is 0 Å². The van der Waals surface area contributed by atoms with E-state index in [1.54, 1.807) is 0 Å². The molecule has 0 saturated heterocycles. The lowest BCUT2D eigenvalue weighted by Gasteiger charge is -2.05. The summed E-state index contributed by atoms with van der Waals surface area (Å²) in [6.07, 6.45) is 2.08. The quantitative estimate of drug-likeness (QED) is 0.733. The zero-order valence-electron chi connectivity index (χ0n) is 10.4. The summed E-state index contributed by atoms with van der Waals surface area (Å²) in [6, 6.07) is 14.3. The highest BCUT2D eigenvalue weighted by Crippen LogP contribution is 2.10. The van der Waals surface area contributed by atoms with Crippen LogP contribution < -0.4 is 9.30 Å². The first-order valence-electron chi connectivity index (χ1n) is 5.90. The number of aromatic nitrogens is 1. The highest BCUT2D eigenvalue weighted by atomic mass is 16.5. The summed E-state index contributed by atoms with van der Waals surface area (Å²) in [6.45, 7) is 5.75. The predicted molar refractivity (Wildman–Crippen MR) is 68.0 cm³/mol. The summed E-state index contributed by atoms with van der Waals surface area (Å²) < 4.78 is 7.89. The molecule has 0 aliphatic rings. The molecule has 0 saturated carbocycles. The minimum absolute atomic E-state index is 0.693. The maximum atomic E-state index is 5.70. The van der Waals surface area contributed by atoms with Crippen LogP contribution in [0.2, 0.25) is 0 Å². The Bertz CT molecular complexity index is 477. The molecule has 0 unspecified atom stereocenters. The van der Waals surface area contributed by atoms with Gasteiger partial charge in [0.1, 0.15) is 12.4 Å². The number of benzene rings is 1. The Balaban J connectivity index is 1.88. The summed E-state index contributed by atoms with van der Waals surface area (Å²) in [7, 11) is 0. The van der Waals surface area contributed by atoms with Crippen LogP contribution in [0.1, 0.15) is 11.3 Å². The molecule has 0 N–H and O–H groups in total. The lowest BCUT2D eigenvalue weighted by Crippen LogP contribution is -2.39. The molecule has 2 heteroatoms. The third kappa shape index (κ3) is 3.31. The van der Waals surface area contributed by atoms with Crippen LogP contribution in [0.3, 0.4) is 0 Å². The van der Waals surface area contributed by atoms with Gasteiger partial charge in [0, 0.05) is 19.1 Å². The van der Waals surface area contributed by atoms with E-state index < -0.39 is 0 Å². The highest BCUT2D eigenvalue weighted by Gasteiger charge is 2.03. The normalized spacial score (nSPS) is 10.2. The standard InChI is InChI=1S/C15H18NO/c1-13-6-8-15(9-7-13)17-12-11-16-10-4-3-5-14(16)2/h3-10H,11-12H2,1-2H3/q+1. The highest BCUT2D eigenvalue weighted by molar-refractivity contribution is 5.26. The first kappa shape index (κ1) is 11.6. The van der Waals surface area contributed by atoms with E-state index in [0.29, 0.717) is 6.61 Å². The van der Waals surface area contributed by atoms with Gasteiger partial charge in [0.15, 0.2) is 18.4 Å². The van der Waals surface area contributed by atoms with Crippen molar-refractivity contribution in [1.82, 2.24) is 0 Å². The fraction of sp³-hybridized carbons (Fsp3) is 0.267. The van der Waals surface area contributed by atoms with Gasteiger partial charge in [-0.05, 0) is 19.1 Å². The number of hydrogen-bond donors (Lipinski definition) is 0. The molecule has 0 aliphatic heterocycles. The van der Waals surface area contributed by atoms with Crippen LogP contribution in [-0.2, 0) is 6.54 Å². The van der Waals surface area contributed by atoms with Crippen LogP contribution in [0, 0.1) is 13.8 Å². The van der Waals surface area contributed by atoms with E-state index in [9.17, 15) is 0 Å². The van der Waals surface area contributed by atoms with Gasteiger partial charge in [0.25, 0.3) is 0 Å². The number of rotatable bonds is 4. The molecule has 1 aromatic heterocycles. The van der Waals surface area contributed by atoms with Gasteiger partial charge in [-0.3, -0.25) is 0 Å². The third-order valence-electron chi connectivity index (χ3n) is 2.79. The number of hydrogen-bond acceptors (Lipinski definition) is 1. The average molecular weight is 228 g/mol. The largest absolute Gasteiger partial charge is 0.487 e. The Morgan fingerprint density at radius 1 is 1.00 bits per heavy atom. The Morgan fingerprint density at radius 2 is 1.76 bits per heavy atom. The minimum atomic E-state index is 0.693. The number of nitrogens with zero attached hydrogens (tertiary/aromatic N) is 1. The SMILES string of the molecule is Cc1ccc(OCC[n+]2ccccc2C)cc1. The van der Waals surface area contributed by atoms with Gasteiger partial charge in [-0.15, -0.1) is 0 Å². The molecule has 2 rings (SSSR count). The van der Waals surface area contributed by atoms with Crippen molar-refractivity contribution in [2.24, 2.45) is 0 Å². The molecule has 0 bridgehead atoms. The zero-order chi connectivity index (χ0) is 12.1. The molecule has 0 atom stereocenters. The maximum absolute atomic E-state index is 5.70. The van der Waals surface area contributed by atoms with E-state index in [1.165, 1.54) is 11.3 Å². The Labute approximate surface area is 102 Å². The first-order valence-corrected chi connectivity index (χ1v) is 5.90. The fourth-order valence-electron chi connectivity index (χ4n) is 1.71. The van der Waals surface area contributed by atoms with Crippen LogP contribution in [0.25, 0.3) is 0 Å². The topological polar surface area (TPSA) is 13.1 Å². The number of ether oxygens (including phenoxy) is 1. The molecule has 2 aromatic rings. The van der Waals surface area contributed by atoms with E-state index in [1.807, 2.05) is 24.3 Å².